The molecule has 0 radical (unpaired) electrons. The molecule has 2 aromatic carbocycles. The zero-order valence-corrected chi connectivity index (χ0v) is 16.5. The maximum atomic E-state index is 12.6. The van der Waals surface area contributed by atoms with Crippen molar-refractivity contribution in [2.45, 2.75) is 6.42 Å². The number of carbonyl (C=O) groups is 1. The molecule has 0 unspecified atom stereocenters. The minimum absolute atomic E-state index is 0.0241. The first-order valence-electron chi connectivity index (χ1n) is 9.96. The third kappa shape index (κ3) is 4.17. The van der Waals surface area contributed by atoms with Gasteiger partial charge in [-0.1, -0.05) is 18.2 Å². The van der Waals surface area contributed by atoms with Crippen LogP contribution in [-0.4, -0.2) is 53.4 Å². The van der Waals surface area contributed by atoms with Crippen LogP contribution in [0.2, 0.25) is 0 Å². The fourth-order valence-corrected chi connectivity index (χ4v) is 3.80. The van der Waals surface area contributed by atoms with Crippen molar-refractivity contribution in [1.82, 2.24) is 9.88 Å². The van der Waals surface area contributed by atoms with E-state index in [1.807, 2.05) is 23.1 Å². The van der Waals surface area contributed by atoms with E-state index in [4.69, 9.17) is 0 Å². The van der Waals surface area contributed by atoms with E-state index in [1.165, 1.54) is 18.0 Å². The summed E-state index contributed by atoms with van der Waals surface area (Å²) in [6.07, 6.45) is 3.47. The number of nitrogens with zero attached hydrogens (tertiary/aromatic N) is 4. The number of nitrogens with one attached hydrogen (secondary N) is 1. The number of nitro benzene ring substituents is 1. The Kier molecular flexibility index (Phi) is 5.74. The predicted molar refractivity (Wildman–Crippen MR) is 117 cm³/mol. The zero-order chi connectivity index (χ0) is 20.9. The van der Waals surface area contributed by atoms with Crippen LogP contribution in [0.4, 0.5) is 17.1 Å². The molecular weight excluding hydrogens is 382 g/mol. The number of pyridine rings is 1. The van der Waals surface area contributed by atoms with Crippen molar-refractivity contribution in [3.63, 3.8) is 0 Å². The fourth-order valence-electron chi connectivity index (χ4n) is 3.80. The second-order valence-corrected chi connectivity index (χ2v) is 7.19. The van der Waals surface area contributed by atoms with E-state index in [-0.39, 0.29) is 11.6 Å². The lowest BCUT2D eigenvalue weighted by Gasteiger charge is -2.36. The van der Waals surface area contributed by atoms with Crippen LogP contribution < -0.4 is 10.2 Å². The summed E-state index contributed by atoms with van der Waals surface area (Å²) in [6, 6.07) is 15.1. The first kappa shape index (κ1) is 19.6. The molecule has 2 heterocycles. The van der Waals surface area contributed by atoms with Gasteiger partial charge in [0.05, 0.1) is 10.3 Å². The molecule has 1 aliphatic heterocycles. The van der Waals surface area contributed by atoms with Crippen LogP contribution in [0.5, 0.6) is 0 Å². The van der Waals surface area contributed by atoms with Gasteiger partial charge in [0.2, 0.25) is 5.91 Å². The number of fused-ring (bicyclic) bond motifs is 1. The third-order valence-electron chi connectivity index (χ3n) is 5.40. The van der Waals surface area contributed by atoms with Crippen molar-refractivity contribution in [3.05, 3.63) is 71.0 Å². The Morgan fingerprint density at radius 3 is 2.53 bits per heavy atom. The summed E-state index contributed by atoms with van der Waals surface area (Å²) < 4.78 is 0. The Labute approximate surface area is 174 Å². The number of amides is 1. The first-order valence-corrected chi connectivity index (χ1v) is 9.96. The monoisotopic (exact) mass is 405 g/mol. The molecular formula is C22H23N5O3. The lowest BCUT2D eigenvalue weighted by Crippen LogP contribution is -2.49. The van der Waals surface area contributed by atoms with Gasteiger partial charge in [0.25, 0.3) is 5.69 Å². The topological polar surface area (TPSA) is 91.6 Å². The average molecular weight is 405 g/mol. The SMILES string of the molecule is O=C(CCNc1ccc([N+](=O)[O-])c2cnccc12)N1CCN(c2ccccc2)CC1. The number of piperazine rings is 1. The molecule has 0 spiro atoms. The molecule has 1 fully saturated rings. The minimum atomic E-state index is -0.410. The molecule has 8 heteroatoms. The predicted octanol–water partition coefficient (Wildman–Crippen LogP) is 3.29. The molecule has 1 aromatic heterocycles. The van der Waals surface area contributed by atoms with Gasteiger partial charge in [0.1, 0.15) is 0 Å². The molecule has 1 amide bonds. The summed E-state index contributed by atoms with van der Waals surface area (Å²) in [5, 5.41) is 15.7. The number of carbonyl (C=O) groups excluding carboxylic acids is 1. The average Bonchev–Trinajstić information content (AvgIpc) is 2.79. The van der Waals surface area contributed by atoms with Crippen molar-refractivity contribution in [2.24, 2.45) is 0 Å². The Bertz CT molecular complexity index is 1050. The van der Waals surface area contributed by atoms with Gasteiger partial charge >= 0.3 is 0 Å². The molecule has 0 bridgehead atoms. The summed E-state index contributed by atoms with van der Waals surface area (Å²) >= 11 is 0. The molecule has 0 atom stereocenters. The van der Waals surface area contributed by atoms with Gasteiger partial charge in [-0.15, -0.1) is 0 Å². The van der Waals surface area contributed by atoms with Crippen LogP contribution in [-0.2, 0) is 4.79 Å². The Hall–Kier alpha value is -3.68. The largest absolute Gasteiger partial charge is 0.384 e. The van der Waals surface area contributed by atoms with Gasteiger partial charge in [-0.3, -0.25) is 19.9 Å². The Balaban J connectivity index is 1.32. The number of rotatable bonds is 6. The molecule has 8 nitrogen and oxygen atoms in total. The molecule has 0 saturated carbocycles. The highest BCUT2D eigenvalue weighted by atomic mass is 16.6. The number of aromatic nitrogens is 1. The molecule has 1 aliphatic rings. The molecule has 30 heavy (non-hydrogen) atoms. The number of para-hydroxylation sites is 1. The van der Waals surface area contributed by atoms with Crippen LogP contribution in [0.15, 0.2) is 60.9 Å². The molecule has 3 aromatic rings. The molecule has 1 saturated heterocycles. The van der Waals surface area contributed by atoms with E-state index in [0.717, 1.165) is 24.2 Å². The van der Waals surface area contributed by atoms with Crippen molar-refractivity contribution in [2.75, 3.05) is 42.9 Å². The zero-order valence-electron chi connectivity index (χ0n) is 16.5. The molecule has 4 rings (SSSR count). The summed E-state index contributed by atoms with van der Waals surface area (Å²) in [5.74, 6) is 0.114. The van der Waals surface area contributed by atoms with Crippen LogP contribution in [0.25, 0.3) is 10.8 Å². The standard InChI is InChI=1S/C22H23N5O3/c28-22(26-14-12-25(13-15-26)17-4-2-1-3-5-17)9-11-24-20-6-7-21(27(29)30)19-16-23-10-8-18(19)20/h1-8,10,16,24H,9,11-15H2. The van der Waals surface area contributed by atoms with Gasteiger partial charge in [0, 0.05) is 74.4 Å². The summed E-state index contributed by atoms with van der Waals surface area (Å²) in [5.41, 5.74) is 1.97. The van der Waals surface area contributed by atoms with E-state index in [1.54, 1.807) is 18.3 Å². The van der Waals surface area contributed by atoms with Gasteiger partial charge in [-0.2, -0.15) is 0 Å². The highest BCUT2D eigenvalue weighted by Crippen LogP contribution is 2.30. The van der Waals surface area contributed by atoms with E-state index in [9.17, 15) is 14.9 Å². The second-order valence-electron chi connectivity index (χ2n) is 7.19. The van der Waals surface area contributed by atoms with Crippen LogP contribution >= 0.6 is 0 Å². The van der Waals surface area contributed by atoms with Crippen LogP contribution in [0.1, 0.15) is 6.42 Å². The molecule has 0 aliphatic carbocycles. The third-order valence-corrected chi connectivity index (χ3v) is 5.40. The van der Waals surface area contributed by atoms with E-state index in [2.05, 4.69) is 27.3 Å². The van der Waals surface area contributed by atoms with E-state index >= 15 is 0 Å². The lowest BCUT2D eigenvalue weighted by atomic mass is 10.1. The molecule has 1 N–H and O–H groups in total. The molecule has 154 valence electrons. The van der Waals surface area contributed by atoms with Crippen molar-refractivity contribution in [3.8, 4) is 0 Å². The Morgan fingerprint density at radius 1 is 1.03 bits per heavy atom. The van der Waals surface area contributed by atoms with Gasteiger partial charge in [-0.05, 0) is 24.3 Å². The highest BCUT2D eigenvalue weighted by Gasteiger charge is 2.21. The van der Waals surface area contributed by atoms with Crippen LogP contribution in [0.3, 0.4) is 0 Å². The summed E-state index contributed by atoms with van der Waals surface area (Å²) in [4.78, 5) is 31.6. The van der Waals surface area contributed by atoms with Gasteiger partial charge in [-0.25, -0.2) is 0 Å². The number of hydrogen-bond acceptors (Lipinski definition) is 6. The smallest absolute Gasteiger partial charge is 0.278 e. The summed E-state index contributed by atoms with van der Waals surface area (Å²) in [7, 11) is 0. The van der Waals surface area contributed by atoms with Crippen LogP contribution in [0, 0.1) is 10.1 Å². The summed E-state index contributed by atoms with van der Waals surface area (Å²) in [6.45, 7) is 3.53. The number of hydrogen-bond donors (Lipinski definition) is 1. The highest BCUT2D eigenvalue weighted by molar-refractivity contribution is 5.99. The fraction of sp³-hybridized carbons (Fsp3) is 0.273. The lowest BCUT2D eigenvalue weighted by molar-refractivity contribution is -0.383. The maximum absolute atomic E-state index is 12.6. The maximum Gasteiger partial charge on any atom is 0.278 e. The quantitative estimate of drug-likeness (QED) is 0.500. The van der Waals surface area contributed by atoms with Gasteiger partial charge < -0.3 is 15.1 Å². The number of benzene rings is 2. The van der Waals surface area contributed by atoms with E-state index in [0.29, 0.717) is 31.4 Å². The number of non-ortho nitro benzene ring substituents is 1. The van der Waals surface area contributed by atoms with Gasteiger partial charge in [0.15, 0.2) is 0 Å². The first-order chi connectivity index (χ1) is 14.6. The Morgan fingerprint density at radius 2 is 1.80 bits per heavy atom. The second kappa shape index (κ2) is 8.77. The van der Waals surface area contributed by atoms with Crippen molar-refractivity contribution in [1.29, 1.82) is 0 Å². The number of nitro groups is 1. The van der Waals surface area contributed by atoms with E-state index < -0.39 is 4.92 Å². The van der Waals surface area contributed by atoms with Crippen molar-refractivity contribution < 1.29 is 9.72 Å². The number of anilines is 2. The van der Waals surface area contributed by atoms with Crippen molar-refractivity contribution >= 4 is 33.7 Å². The normalized spacial score (nSPS) is 14.0. The minimum Gasteiger partial charge on any atom is -0.384 e.